The summed E-state index contributed by atoms with van der Waals surface area (Å²) in [5, 5.41) is 2.55. The number of benzene rings is 2. The molecule has 0 bridgehead atoms. The number of ether oxygens (including phenoxy) is 2. The van der Waals surface area contributed by atoms with E-state index in [4.69, 9.17) is 15.2 Å². The van der Waals surface area contributed by atoms with Crippen LogP contribution in [0.3, 0.4) is 0 Å². The quantitative estimate of drug-likeness (QED) is 0.849. The van der Waals surface area contributed by atoms with E-state index < -0.39 is 11.7 Å². The molecule has 0 radical (unpaired) electrons. The van der Waals surface area contributed by atoms with Crippen molar-refractivity contribution in [2.45, 2.75) is 0 Å². The molecule has 0 heterocycles. The summed E-state index contributed by atoms with van der Waals surface area (Å²) in [6.45, 7) is 0. The standard InChI is InChI=1S/C15H15FN2O3/c1-20-13-7-11(17)12(8-14(13)21-2)18-15(19)9-5-3-4-6-10(9)16/h3-8H,17H2,1-2H3,(H,18,19). The molecule has 0 saturated carbocycles. The van der Waals surface area contributed by atoms with Crippen molar-refractivity contribution < 1.29 is 18.7 Å². The van der Waals surface area contributed by atoms with E-state index in [1.807, 2.05) is 0 Å². The van der Waals surface area contributed by atoms with Gasteiger partial charge in [0.05, 0.1) is 31.2 Å². The monoisotopic (exact) mass is 290 g/mol. The van der Waals surface area contributed by atoms with E-state index in [0.717, 1.165) is 0 Å². The smallest absolute Gasteiger partial charge is 0.258 e. The van der Waals surface area contributed by atoms with Gasteiger partial charge in [0, 0.05) is 12.1 Å². The van der Waals surface area contributed by atoms with Gasteiger partial charge in [0.1, 0.15) is 5.82 Å². The van der Waals surface area contributed by atoms with Crippen LogP contribution in [0.15, 0.2) is 36.4 Å². The first kappa shape index (κ1) is 14.6. The molecular formula is C15H15FN2O3. The number of carbonyl (C=O) groups excluding carboxylic acids is 1. The number of methoxy groups -OCH3 is 2. The van der Waals surface area contributed by atoms with Gasteiger partial charge in [0.2, 0.25) is 0 Å². The lowest BCUT2D eigenvalue weighted by Gasteiger charge is -2.13. The summed E-state index contributed by atoms with van der Waals surface area (Å²) in [6, 6.07) is 8.74. The van der Waals surface area contributed by atoms with Gasteiger partial charge in [-0.05, 0) is 12.1 Å². The molecule has 2 aromatic carbocycles. The summed E-state index contributed by atoms with van der Waals surface area (Å²) in [5.74, 6) is -0.338. The fourth-order valence-corrected chi connectivity index (χ4v) is 1.84. The lowest BCUT2D eigenvalue weighted by atomic mass is 10.2. The van der Waals surface area contributed by atoms with E-state index in [1.54, 1.807) is 6.07 Å². The Morgan fingerprint density at radius 1 is 1.14 bits per heavy atom. The second-order valence-electron chi connectivity index (χ2n) is 4.23. The molecule has 0 saturated heterocycles. The fraction of sp³-hybridized carbons (Fsp3) is 0.133. The molecule has 0 fully saturated rings. The molecule has 110 valence electrons. The van der Waals surface area contributed by atoms with Gasteiger partial charge < -0.3 is 20.5 Å². The Morgan fingerprint density at radius 2 is 1.76 bits per heavy atom. The van der Waals surface area contributed by atoms with Crippen LogP contribution in [-0.4, -0.2) is 20.1 Å². The average molecular weight is 290 g/mol. The Kier molecular flexibility index (Phi) is 4.27. The van der Waals surface area contributed by atoms with E-state index in [1.165, 1.54) is 44.6 Å². The molecule has 0 spiro atoms. The number of amides is 1. The van der Waals surface area contributed by atoms with Crippen LogP contribution in [-0.2, 0) is 0 Å². The maximum absolute atomic E-state index is 13.6. The highest BCUT2D eigenvalue weighted by Crippen LogP contribution is 2.35. The molecule has 6 heteroatoms. The molecule has 0 aliphatic rings. The maximum Gasteiger partial charge on any atom is 0.258 e. The average Bonchev–Trinajstić information content (AvgIpc) is 2.49. The number of halogens is 1. The van der Waals surface area contributed by atoms with Crippen LogP contribution in [0.5, 0.6) is 11.5 Å². The Morgan fingerprint density at radius 3 is 2.38 bits per heavy atom. The number of anilines is 2. The number of hydrogen-bond acceptors (Lipinski definition) is 4. The van der Waals surface area contributed by atoms with Crippen LogP contribution >= 0.6 is 0 Å². The first-order chi connectivity index (χ1) is 10.1. The van der Waals surface area contributed by atoms with Gasteiger partial charge in [0.15, 0.2) is 11.5 Å². The summed E-state index contributed by atoms with van der Waals surface area (Å²) < 4.78 is 23.8. The van der Waals surface area contributed by atoms with Crippen molar-refractivity contribution in [3.05, 3.63) is 47.8 Å². The highest BCUT2D eigenvalue weighted by atomic mass is 19.1. The molecule has 0 unspecified atom stereocenters. The molecular weight excluding hydrogens is 275 g/mol. The van der Waals surface area contributed by atoms with E-state index in [0.29, 0.717) is 17.2 Å². The third-order valence-corrected chi connectivity index (χ3v) is 2.92. The van der Waals surface area contributed by atoms with E-state index in [9.17, 15) is 9.18 Å². The lowest BCUT2D eigenvalue weighted by molar-refractivity contribution is 0.102. The number of hydrogen-bond donors (Lipinski definition) is 2. The highest BCUT2D eigenvalue weighted by molar-refractivity contribution is 6.06. The number of rotatable bonds is 4. The molecule has 1 amide bonds. The van der Waals surface area contributed by atoms with Crippen LogP contribution in [0.4, 0.5) is 15.8 Å². The van der Waals surface area contributed by atoms with Crippen LogP contribution in [0, 0.1) is 5.82 Å². The van der Waals surface area contributed by atoms with E-state index in [-0.39, 0.29) is 11.3 Å². The highest BCUT2D eigenvalue weighted by Gasteiger charge is 2.15. The van der Waals surface area contributed by atoms with E-state index in [2.05, 4.69) is 5.32 Å². The zero-order chi connectivity index (χ0) is 15.4. The van der Waals surface area contributed by atoms with Crippen LogP contribution in [0.25, 0.3) is 0 Å². The first-order valence-electron chi connectivity index (χ1n) is 6.14. The van der Waals surface area contributed by atoms with Crippen molar-refractivity contribution in [2.75, 3.05) is 25.3 Å². The van der Waals surface area contributed by atoms with Gasteiger partial charge in [-0.1, -0.05) is 12.1 Å². The van der Waals surface area contributed by atoms with Gasteiger partial charge in [-0.25, -0.2) is 4.39 Å². The summed E-state index contributed by atoms with van der Waals surface area (Å²) in [6.07, 6.45) is 0. The van der Waals surface area contributed by atoms with Crippen molar-refractivity contribution >= 4 is 17.3 Å². The minimum Gasteiger partial charge on any atom is -0.493 e. The molecule has 0 aromatic heterocycles. The molecule has 2 rings (SSSR count). The topological polar surface area (TPSA) is 73.6 Å². The van der Waals surface area contributed by atoms with Crippen LogP contribution < -0.4 is 20.5 Å². The Labute approximate surface area is 121 Å². The first-order valence-corrected chi connectivity index (χ1v) is 6.14. The van der Waals surface area contributed by atoms with Gasteiger partial charge in [-0.2, -0.15) is 0 Å². The van der Waals surface area contributed by atoms with Crippen molar-refractivity contribution in [1.82, 2.24) is 0 Å². The summed E-state index contributed by atoms with van der Waals surface area (Å²) in [4.78, 5) is 12.1. The third-order valence-electron chi connectivity index (χ3n) is 2.92. The zero-order valence-electron chi connectivity index (χ0n) is 11.6. The molecule has 5 nitrogen and oxygen atoms in total. The normalized spacial score (nSPS) is 10.0. The third kappa shape index (κ3) is 3.05. The second-order valence-corrected chi connectivity index (χ2v) is 4.23. The SMILES string of the molecule is COc1cc(N)c(NC(=O)c2ccccc2F)cc1OC. The van der Waals surface area contributed by atoms with E-state index >= 15 is 0 Å². The summed E-state index contributed by atoms with van der Waals surface area (Å²) in [5.41, 5.74) is 6.39. The Balaban J connectivity index is 2.31. The largest absolute Gasteiger partial charge is 0.493 e. The van der Waals surface area contributed by atoms with Crippen LogP contribution in [0.1, 0.15) is 10.4 Å². The van der Waals surface area contributed by atoms with Crippen molar-refractivity contribution in [2.24, 2.45) is 0 Å². The Hall–Kier alpha value is -2.76. The maximum atomic E-state index is 13.6. The van der Waals surface area contributed by atoms with Crippen molar-refractivity contribution in [1.29, 1.82) is 0 Å². The molecule has 0 aliphatic carbocycles. The number of nitrogens with one attached hydrogen (secondary N) is 1. The van der Waals surface area contributed by atoms with Gasteiger partial charge >= 0.3 is 0 Å². The molecule has 0 aliphatic heterocycles. The minimum absolute atomic E-state index is 0.0633. The van der Waals surface area contributed by atoms with Gasteiger partial charge in [-0.3, -0.25) is 4.79 Å². The summed E-state index contributed by atoms with van der Waals surface area (Å²) >= 11 is 0. The number of nitrogen functional groups attached to an aromatic ring is 1. The fourth-order valence-electron chi connectivity index (χ4n) is 1.84. The number of nitrogens with two attached hydrogens (primary N) is 1. The van der Waals surface area contributed by atoms with Crippen molar-refractivity contribution in [3.63, 3.8) is 0 Å². The molecule has 3 N–H and O–H groups in total. The minimum atomic E-state index is -0.603. The lowest BCUT2D eigenvalue weighted by Crippen LogP contribution is -2.15. The van der Waals surface area contributed by atoms with Gasteiger partial charge in [-0.15, -0.1) is 0 Å². The van der Waals surface area contributed by atoms with Gasteiger partial charge in [0.25, 0.3) is 5.91 Å². The predicted molar refractivity (Wildman–Crippen MR) is 78.3 cm³/mol. The molecule has 0 atom stereocenters. The zero-order valence-corrected chi connectivity index (χ0v) is 11.6. The van der Waals surface area contributed by atoms with Crippen LogP contribution in [0.2, 0.25) is 0 Å². The van der Waals surface area contributed by atoms with Crippen molar-refractivity contribution in [3.8, 4) is 11.5 Å². The molecule has 21 heavy (non-hydrogen) atoms. The predicted octanol–water partition coefficient (Wildman–Crippen LogP) is 2.68. The molecule has 2 aromatic rings. The second kappa shape index (κ2) is 6.13. The number of carbonyl (C=O) groups is 1. The Bertz CT molecular complexity index is 674. The summed E-state index contributed by atoms with van der Waals surface area (Å²) in [7, 11) is 2.95.